The summed E-state index contributed by atoms with van der Waals surface area (Å²) in [6.45, 7) is 4.04. The molecule has 2 aliphatic heterocycles. The molecule has 1 fully saturated rings. The van der Waals surface area contributed by atoms with Gasteiger partial charge in [0.05, 0.1) is 35.4 Å². The summed E-state index contributed by atoms with van der Waals surface area (Å²) in [5.74, 6) is 0.549. The molecule has 0 bridgehead atoms. The van der Waals surface area contributed by atoms with Crippen LogP contribution in [0, 0.1) is 5.82 Å². The summed E-state index contributed by atoms with van der Waals surface area (Å²) >= 11 is 0. The van der Waals surface area contributed by atoms with E-state index in [0.29, 0.717) is 41.8 Å². The van der Waals surface area contributed by atoms with E-state index in [4.69, 9.17) is 9.72 Å². The first kappa shape index (κ1) is 23.6. The third kappa shape index (κ3) is 4.14. The van der Waals surface area contributed by atoms with Crippen molar-refractivity contribution in [2.45, 2.75) is 31.8 Å². The van der Waals surface area contributed by atoms with Crippen LogP contribution in [0.15, 0.2) is 48.8 Å². The number of fused-ring (bicyclic) bond motifs is 2. The van der Waals surface area contributed by atoms with Crippen molar-refractivity contribution in [3.63, 3.8) is 0 Å². The van der Waals surface area contributed by atoms with Crippen molar-refractivity contribution in [2.24, 2.45) is 0 Å². The minimum Gasteiger partial charge on any atom is -0.381 e. The predicted octanol–water partition coefficient (Wildman–Crippen LogP) is 4.65. The molecule has 1 saturated heterocycles. The lowest BCUT2D eigenvalue weighted by Gasteiger charge is -2.25. The molecule has 5 heterocycles. The van der Waals surface area contributed by atoms with Crippen molar-refractivity contribution in [3.8, 4) is 11.3 Å². The molecular formula is C28H29FN6O2. The van der Waals surface area contributed by atoms with Crippen LogP contribution in [0.4, 0.5) is 15.9 Å². The van der Waals surface area contributed by atoms with E-state index < -0.39 is 0 Å². The van der Waals surface area contributed by atoms with E-state index in [1.54, 1.807) is 12.4 Å². The van der Waals surface area contributed by atoms with Crippen LogP contribution in [0.2, 0.25) is 0 Å². The summed E-state index contributed by atoms with van der Waals surface area (Å²) in [6.07, 6.45) is 4.36. The maximum Gasteiger partial charge on any atom is 0.254 e. The molecule has 37 heavy (non-hydrogen) atoms. The van der Waals surface area contributed by atoms with E-state index in [-0.39, 0.29) is 17.8 Å². The van der Waals surface area contributed by atoms with Gasteiger partial charge in [-0.2, -0.15) is 0 Å². The van der Waals surface area contributed by atoms with Gasteiger partial charge in [0, 0.05) is 42.9 Å². The molecule has 2 N–H and O–H groups in total. The average molecular weight is 501 g/mol. The number of nitrogens with zero attached hydrogens (tertiary/aromatic N) is 4. The van der Waals surface area contributed by atoms with Gasteiger partial charge in [-0.05, 0) is 56.8 Å². The van der Waals surface area contributed by atoms with Gasteiger partial charge in [-0.3, -0.25) is 9.20 Å². The Kier molecular flexibility index (Phi) is 5.89. The summed E-state index contributed by atoms with van der Waals surface area (Å²) in [5.41, 5.74) is 6.59. The number of carbonyl (C=O) groups is 1. The van der Waals surface area contributed by atoms with E-state index >= 15 is 0 Å². The molecule has 0 radical (unpaired) electrons. The molecule has 2 atom stereocenters. The number of amides is 1. The highest BCUT2D eigenvalue weighted by molar-refractivity contribution is 6.06. The molecule has 6 rings (SSSR count). The lowest BCUT2D eigenvalue weighted by molar-refractivity contribution is 0.0966. The second kappa shape index (κ2) is 9.24. The van der Waals surface area contributed by atoms with Crippen molar-refractivity contribution in [2.75, 3.05) is 32.6 Å². The van der Waals surface area contributed by atoms with Crippen molar-refractivity contribution >= 4 is 23.1 Å². The highest BCUT2D eigenvalue weighted by Crippen LogP contribution is 2.37. The molecule has 8 nitrogen and oxygen atoms in total. The number of imidazole rings is 1. The number of nitrogens with one attached hydrogen (secondary N) is 2. The first-order valence-corrected chi connectivity index (χ1v) is 12.5. The number of carbonyl (C=O) groups excluding carboxylic acids is 1. The fourth-order valence-electron chi connectivity index (χ4n) is 5.24. The largest absolute Gasteiger partial charge is 0.381 e. The molecule has 0 saturated carbocycles. The molecule has 190 valence electrons. The summed E-state index contributed by atoms with van der Waals surface area (Å²) in [5, 5.41) is 6.36. The van der Waals surface area contributed by atoms with Crippen molar-refractivity contribution in [1.29, 1.82) is 0 Å². The second-order valence-corrected chi connectivity index (χ2v) is 9.91. The van der Waals surface area contributed by atoms with Crippen LogP contribution < -0.4 is 10.6 Å². The van der Waals surface area contributed by atoms with Gasteiger partial charge in [0.25, 0.3) is 5.91 Å². The zero-order chi connectivity index (χ0) is 25.7. The molecule has 1 aromatic carbocycles. The van der Waals surface area contributed by atoms with Crippen molar-refractivity contribution < 1.29 is 13.9 Å². The van der Waals surface area contributed by atoms with E-state index in [2.05, 4.69) is 33.5 Å². The van der Waals surface area contributed by atoms with Crippen LogP contribution >= 0.6 is 0 Å². The first-order chi connectivity index (χ1) is 17.9. The Hall–Kier alpha value is -3.82. The van der Waals surface area contributed by atoms with Gasteiger partial charge in [0.1, 0.15) is 17.3 Å². The molecular weight excluding hydrogens is 471 g/mol. The van der Waals surface area contributed by atoms with Crippen LogP contribution in [0.5, 0.6) is 0 Å². The topological polar surface area (TPSA) is 83.8 Å². The number of aromatic nitrogens is 3. The van der Waals surface area contributed by atoms with Gasteiger partial charge in [0.15, 0.2) is 0 Å². The normalized spacial score (nSPS) is 17.9. The van der Waals surface area contributed by atoms with E-state index in [9.17, 15) is 9.18 Å². The lowest BCUT2D eigenvalue weighted by Crippen LogP contribution is -2.21. The third-order valence-electron chi connectivity index (χ3n) is 7.48. The van der Waals surface area contributed by atoms with Crippen LogP contribution in [0.3, 0.4) is 0 Å². The molecule has 3 aromatic heterocycles. The van der Waals surface area contributed by atoms with E-state index in [1.807, 2.05) is 36.7 Å². The van der Waals surface area contributed by atoms with Gasteiger partial charge in [-0.15, -0.1) is 0 Å². The smallest absolute Gasteiger partial charge is 0.254 e. The Labute approximate surface area is 214 Å². The molecule has 4 aromatic rings. The minimum atomic E-state index is -0.340. The SMILES string of the molecule is C[C@H](c1nc(Nc2ccc(-c3cnc4cc(F)ccn34)c3c2C(=O)NC3)ccc1[C@H]1CCOC1)N(C)C. The number of hydrogen-bond acceptors (Lipinski definition) is 6. The first-order valence-electron chi connectivity index (χ1n) is 12.5. The monoisotopic (exact) mass is 500 g/mol. The number of pyridine rings is 2. The van der Waals surface area contributed by atoms with Gasteiger partial charge in [0.2, 0.25) is 0 Å². The molecule has 0 unspecified atom stereocenters. The number of benzene rings is 1. The standard InChI is InChI=1S/C28H29FN6O2/c1-16(34(2)3)27-19(17-9-11-37-15-17)5-7-24(33-27)32-22-6-4-20(21-13-31-28(36)26(21)22)23-14-30-25-12-18(29)8-10-35(23)25/h4-8,10,12,14,16-17H,9,11,13,15H2,1-3H3,(H,31,36)(H,32,33)/t16-,17+/m1/s1. The fraction of sp³-hybridized carbons (Fsp3) is 0.321. The highest BCUT2D eigenvalue weighted by Gasteiger charge is 2.28. The number of halogens is 1. The van der Waals surface area contributed by atoms with Gasteiger partial charge >= 0.3 is 0 Å². The zero-order valence-electron chi connectivity index (χ0n) is 21.1. The number of hydrogen-bond donors (Lipinski definition) is 2. The van der Waals surface area contributed by atoms with Gasteiger partial charge < -0.3 is 20.3 Å². The van der Waals surface area contributed by atoms with Crippen LogP contribution in [-0.2, 0) is 11.3 Å². The highest BCUT2D eigenvalue weighted by atomic mass is 19.1. The number of rotatable bonds is 6. The average Bonchev–Trinajstić information content (AvgIpc) is 3.64. The molecule has 0 aliphatic carbocycles. The fourth-order valence-corrected chi connectivity index (χ4v) is 5.24. The van der Waals surface area contributed by atoms with Gasteiger partial charge in [-0.25, -0.2) is 14.4 Å². The minimum absolute atomic E-state index is 0.119. The predicted molar refractivity (Wildman–Crippen MR) is 140 cm³/mol. The molecule has 2 aliphatic rings. The van der Waals surface area contributed by atoms with Gasteiger partial charge in [-0.1, -0.05) is 12.1 Å². The summed E-state index contributed by atoms with van der Waals surface area (Å²) < 4.78 is 21.2. The summed E-state index contributed by atoms with van der Waals surface area (Å²) in [4.78, 5) is 24.4. The summed E-state index contributed by atoms with van der Waals surface area (Å²) in [6, 6.07) is 10.9. The zero-order valence-corrected chi connectivity index (χ0v) is 21.1. The molecule has 0 spiro atoms. The van der Waals surface area contributed by atoms with Crippen LogP contribution in [0.1, 0.15) is 52.5 Å². The van der Waals surface area contributed by atoms with E-state index in [0.717, 1.165) is 35.5 Å². The van der Waals surface area contributed by atoms with E-state index in [1.165, 1.54) is 17.7 Å². The van der Waals surface area contributed by atoms with Crippen LogP contribution in [-0.4, -0.2) is 52.5 Å². The number of ether oxygens (including phenoxy) is 1. The number of anilines is 2. The van der Waals surface area contributed by atoms with Crippen molar-refractivity contribution in [1.82, 2.24) is 24.6 Å². The summed E-state index contributed by atoms with van der Waals surface area (Å²) in [7, 11) is 4.09. The Bertz CT molecular complexity index is 1510. The maximum atomic E-state index is 13.7. The Morgan fingerprint density at radius 3 is 2.89 bits per heavy atom. The molecule has 9 heteroatoms. The Balaban J connectivity index is 1.39. The quantitative estimate of drug-likeness (QED) is 0.401. The Morgan fingerprint density at radius 2 is 2.11 bits per heavy atom. The van der Waals surface area contributed by atoms with Crippen molar-refractivity contribution in [3.05, 3.63) is 77.0 Å². The maximum absolute atomic E-state index is 13.7. The lowest BCUT2D eigenvalue weighted by atomic mass is 9.94. The Morgan fingerprint density at radius 1 is 1.24 bits per heavy atom. The third-order valence-corrected chi connectivity index (χ3v) is 7.48. The molecule has 1 amide bonds. The second-order valence-electron chi connectivity index (χ2n) is 9.91. The van der Waals surface area contributed by atoms with Crippen LogP contribution in [0.25, 0.3) is 16.9 Å².